The van der Waals surface area contributed by atoms with E-state index in [0.29, 0.717) is 25.5 Å². The van der Waals surface area contributed by atoms with Crippen LogP contribution in [0.5, 0.6) is 0 Å². The fourth-order valence-electron chi connectivity index (χ4n) is 3.26. The molecule has 0 saturated carbocycles. The summed E-state index contributed by atoms with van der Waals surface area (Å²) in [5, 5.41) is 2.97. The van der Waals surface area contributed by atoms with Crippen molar-refractivity contribution in [1.29, 1.82) is 0 Å². The van der Waals surface area contributed by atoms with E-state index in [2.05, 4.69) is 5.32 Å². The molecule has 3 amide bonds. The molecule has 1 N–H and O–H groups in total. The molecule has 2 saturated heterocycles. The molecular formula is C16H23N3O4. The van der Waals surface area contributed by atoms with Gasteiger partial charge in [0.1, 0.15) is 0 Å². The number of amides is 3. The van der Waals surface area contributed by atoms with Gasteiger partial charge in [0.25, 0.3) is 5.91 Å². The van der Waals surface area contributed by atoms with Gasteiger partial charge in [0, 0.05) is 27.2 Å². The van der Waals surface area contributed by atoms with Crippen LogP contribution in [0.4, 0.5) is 4.79 Å². The lowest BCUT2D eigenvalue weighted by atomic mass is 9.87. The van der Waals surface area contributed by atoms with Gasteiger partial charge in [0.05, 0.1) is 24.5 Å². The zero-order valence-electron chi connectivity index (χ0n) is 13.6. The summed E-state index contributed by atoms with van der Waals surface area (Å²) in [6.07, 6.45) is 3.88. The van der Waals surface area contributed by atoms with Crippen LogP contribution in [0.3, 0.4) is 0 Å². The van der Waals surface area contributed by atoms with Crippen molar-refractivity contribution >= 4 is 11.9 Å². The van der Waals surface area contributed by atoms with Crippen molar-refractivity contribution in [1.82, 2.24) is 15.1 Å². The summed E-state index contributed by atoms with van der Waals surface area (Å²) in [6.45, 7) is 1.83. The molecule has 3 rings (SSSR count). The number of nitrogens with one attached hydrogen (secondary N) is 1. The Bertz CT molecular complexity index is 562. The van der Waals surface area contributed by atoms with Crippen molar-refractivity contribution in [3.05, 3.63) is 24.2 Å². The smallest absolute Gasteiger partial charge is 0.317 e. The maximum atomic E-state index is 12.3. The molecule has 126 valence electrons. The monoisotopic (exact) mass is 321 g/mol. The highest BCUT2D eigenvalue weighted by molar-refractivity contribution is 5.91. The molecule has 3 heterocycles. The van der Waals surface area contributed by atoms with Crippen LogP contribution in [-0.4, -0.2) is 67.2 Å². The molecule has 0 aromatic carbocycles. The van der Waals surface area contributed by atoms with E-state index in [1.807, 2.05) is 0 Å². The Kier molecular flexibility index (Phi) is 4.30. The Hall–Kier alpha value is -2.02. The van der Waals surface area contributed by atoms with Gasteiger partial charge in [-0.05, 0) is 31.4 Å². The predicted molar refractivity (Wildman–Crippen MR) is 83.2 cm³/mol. The van der Waals surface area contributed by atoms with E-state index in [4.69, 9.17) is 9.15 Å². The van der Waals surface area contributed by atoms with Gasteiger partial charge >= 0.3 is 6.03 Å². The first kappa shape index (κ1) is 15.9. The summed E-state index contributed by atoms with van der Waals surface area (Å²) in [7, 11) is 3.44. The second kappa shape index (κ2) is 6.23. The number of nitrogens with zero attached hydrogens (tertiary/aromatic N) is 2. The normalized spacial score (nSPS) is 23.0. The fraction of sp³-hybridized carbons (Fsp3) is 0.625. The molecule has 1 atom stereocenters. The van der Waals surface area contributed by atoms with Crippen LogP contribution >= 0.6 is 0 Å². The number of hydrogen-bond acceptors (Lipinski definition) is 4. The van der Waals surface area contributed by atoms with Crippen LogP contribution in [0, 0.1) is 0 Å². The minimum absolute atomic E-state index is 0.0391. The first-order chi connectivity index (χ1) is 11.0. The van der Waals surface area contributed by atoms with Crippen molar-refractivity contribution in [2.45, 2.75) is 30.9 Å². The Morgan fingerprint density at radius 3 is 2.70 bits per heavy atom. The van der Waals surface area contributed by atoms with Crippen LogP contribution in [0.15, 0.2) is 22.8 Å². The van der Waals surface area contributed by atoms with E-state index in [1.54, 1.807) is 31.1 Å². The van der Waals surface area contributed by atoms with Crippen LogP contribution in [-0.2, 0) is 4.74 Å². The lowest BCUT2D eigenvalue weighted by Crippen LogP contribution is -2.47. The molecule has 1 spiro atoms. The number of carbonyl (C=O) groups excluding carboxylic acids is 2. The molecule has 1 aromatic rings. The molecule has 23 heavy (non-hydrogen) atoms. The van der Waals surface area contributed by atoms with Crippen molar-refractivity contribution in [3.8, 4) is 0 Å². The number of furan rings is 1. The Labute approximate surface area is 135 Å². The standard InChI is InChI=1S/C16H23N3O4/c1-18(2)15(21)17-12-10-16(23-11-12)5-7-19(8-6-16)14(20)13-4-3-9-22-13/h3-4,9,12H,5-8,10-11H2,1-2H3,(H,17,21)/t12-/m1/s1. The van der Waals surface area contributed by atoms with Gasteiger partial charge in [0.15, 0.2) is 5.76 Å². The Morgan fingerprint density at radius 1 is 1.35 bits per heavy atom. The highest BCUT2D eigenvalue weighted by Crippen LogP contribution is 2.36. The maximum absolute atomic E-state index is 12.3. The highest BCUT2D eigenvalue weighted by atomic mass is 16.5. The minimum atomic E-state index is -0.218. The van der Waals surface area contributed by atoms with Crippen LogP contribution in [0.2, 0.25) is 0 Å². The number of rotatable bonds is 2. The highest BCUT2D eigenvalue weighted by Gasteiger charge is 2.44. The summed E-state index contributed by atoms with van der Waals surface area (Å²) in [6, 6.07) is 3.35. The van der Waals surface area contributed by atoms with Crippen molar-refractivity contribution in [2.75, 3.05) is 33.8 Å². The fourth-order valence-corrected chi connectivity index (χ4v) is 3.26. The van der Waals surface area contributed by atoms with Crippen LogP contribution < -0.4 is 5.32 Å². The minimum Gasteiger partial charge on any atom is -0.459 e. The number of ether oxygens (including phenoxy) is 1. The van der Waals surface area contributed by atoms with Crippen LogP contribution in [0.1, 0.15) is 29.8 Å². The van der Waals surface area contributed by atoms with Gasteiger partial charge in [-0.15, -0.1) is 0 Å². The summed E-state index contributed by atoms with van der Waals surface area (Å²) < 4.78 is 11.2. The number of piperidine rings is 1. The van der Waals surface area contributed by atoms with E-state index in [9.17, 15) is 9.59 Å². The van der Waals surface area contributed by atoms with Gasteiger partial charge in [-0.25, -0.2) is 4.79 Å². The topological polar surface area (TPSA) is 75.0 Å². The van der Waals surface area contributed by atoms with Gasteiger partial charge in [-0.1, -0.05) is 0 Å². The molecule has 1 aromatic heterocycles. The molecule has 0 unspecified atom stereocenters. The first-order valence-corrected chi connectivity index (χ1v) is 7.94. The van der Waals surface area contributed by atoms with Crippen molar-refractivity contribution < 1.29 is 18.7 Å². The van der Waals surface area contributed by atoms with E-state index < -0.39 is 0 Å². The van der Waals surface area contributed by atoms with E-state index in [-0.39, 0.29) is 23.6 Å². The first-order valence-electron chi connectivity index (χ1n) is 7.94. The quantitative estimate of drug-likeness (QED) is 0.891. The summed E-state index contributed by atoms with van der Waals surface area (Å²) in [4.78, 5) is 27.3. The Balaban J connectivity index is 1.53. The average molecular weight is 321 g/mol. The van der Waals surface area contributed by atoms with E-state index >= 15 is 0 Å². The van der Waals surface area contributed by atoms with Gasteiger partial charge in [-0.3, -0.25) is 4.79 Å². The predicted octanol–water partition coefficient (Wildman–Crippen LogP) is 1.31. The Morgan fingerprint density at radius 2 is 2.09 bits per heavy atom. The van der Waals surface area contributed by atoms with Gasteiger partial charge in [-0.2, -0.15) is 0 Å². The third-order valence-corrected chi connectivity index (χ3v) is 4.64. The molecule has 7 nitrogen and oxygen atoms in total. The summed E-state index contributed by atoms with van der Waals surface area (Å²) >= 11 is 0. The number of urea groups is 1. The van der Waals surface area contributed by atoms with Crippen LogP contribution in [0.25, 0.3) is 0 Å². The SMILES string of the molecule is CN(C)C(=O)N[C@H]1COC2(CCN(C(=O)c3ccco3)CC2)C1. The summed E-state index contributed by atoms with van der Waals surface area (Å²) in [5.74, 6) is 0.310. The van der Waals surface area contributed by atoms with E-state index in [1.165, 1.54) is 11.2 Å². The molecule has 2 aliphatic heterocycles. The van der Waals surface area contributed by atoms with Gasteiger partial charge < -0.3 is 24.3 Å². The second-order valence-electron chi connectivity index (χ2n) is 6.51. The lowest BCUT2D eigenvalue weighted by Gasteiger charge is -2.38. The number of carbonyl (C=O) groups is 2. The van der Waals surface area contributed by atoms with Gasteiger partial charge in [0.2, 0.25) is 0 Å². The molecule has 0 bridgehead atoms. The molecule has 7 heteroatoms. The third kappa shape index (κ3) is 3.34. The number of hydrogen-bond donors (Lipinski definition) is 1. The molecule has 0 aliphatic carbocycles. The summed E-state index contributed by atoms with van der Waals surface area (Å²) in [5.41, 5.74) is -0.218. The lowest BCUT2D eigenvalue weighted by molar-refractivity contribution is -0.0393. The molecule has 2 aliphatic rings. The average Bonchev–Trinajstić information content (AvgIpc) is 3.18. The maximum Gasteiger partial charge on any atom is 0.317 e. The number of likely N-dealkylation sites (tertiary alicyclic amines) is 1. The molecule has 0 radical (unpaired) electrons. The largest absolute Gasteiger partial charge is 0.459 e. The molecular weight excluding hydrogens is 298 g/mol. The third-order valence-electron chi connectivity index (χ3n) is 4.64. The van der Waals surface area contributed by atoms with Crippen molar-refractivity contribution in [2.24, 2.45) is 0 Å². The van der Waals surface area contributed by atoms with E-state index in [0.717, 1.165) is 19.3 Å². The zero-order chi connectivity index (χ0) is 16.4. The van der Waals surface area contributed by atoms with Crippen molar-refractivity contribution in [3.63, 3.8) is 0 Å². The molecule has 2 fully saturated rings. The zero-order valence-corrected chi connectivity index (χ0v) is 13.6. The second-order valence-corrected chi connectivity index (χ2v) is 6.51.